The normalized spacial score (nSPS) is 14.2. The first-order valence-electron chi connectivity index (χ1n) is 11.2. The molecule has 2 unspecified atom stereocenters. The molecule has 0 aromatic heterocycles. The molecule has 34 heavy (non-hydrogen) atoms. The van der Waals surface area contributed by atoms with Crippen molar-refractivity contribution in [2.75, 3.05) is 27.6 Å². The molecule has 180 valence electrons. The Labute approximate surface area is 205 Å². The van der Waals surface area contributed by atoms with E-state index in [2.05, 4.69) is 11.8 Å². The minimum absolute atomic E-state index is 0.123. The van der Waals surface area contributed by atoms with E-state index in [9.17, 15) is 5.11 Å². The standard InChI is InChI=1S/C27H30ClNO5/c1-18(11-19-7-9-24(31-2)26(12-19)32-3)29(16-23(30)21-5-4-6-22(28)14-21)15-20-8-10-25-27(13-20)34-17-33-25/h4-10,12-14,18,23,30H,11,15-17H2,1-3H3. The van der Waals surface area contributed by atoms with E-state index < -0.39 is 6.10 Å². The molecule has 0 saturated carbocycles. The second-order valence-electron chi connectivity index (χ2n) is 8.43. The maximum atomic E-state index is 11.0. The third kappa shape index (κ3) is 5.76. The number of hydrogen-bond donors (Lipinski definition) is 1. The van der Waals surface area contributed by atoms with Gasteiger partial charge >= 0.3 is 0 Å². The molecule has 0 fully saturated rings. The van der Waals surface area contributed by atoms with Crippen molar-refractivity contribution >= 4 is 11.6 Å². The summed E-state index contributed by atoms with van der Waals surface area (Å²) < 4.78 is 21.8. The van der Waals surface area contributed by atoms with Crippen molar-refractivity contribution in [3.05, 3.63) is 82.4 Å². The number of aliphatic hydroxyl groups is 1. The highest BCUT2D eigenvalue weighted by molar-refractivity contribution is 6.30. The molecular formula is C27H30ClNO5. The lowest BCUT2D eigenvalue weighted by molar-refractivity contribution is 0.0858. The third-order valence-electron chi connectivity index (χ3n) is 6.07. The Kier molecular flexibility index (Phi) is 7.83. The van der Waals surface area contributed by atoms with Crippen LogP contribution in [0.2, 0.25) is 5.02 Å². The number of halogens is 1. The zero-order chi connectivity index (χ0) is 24.1. The molecule has 1 N–H and O–H groups in total. The van der Waals surface area contributed by atoms with Gasteiger partial charge in [-0.25, -0.2) is 0 Å². The second-order valence-corrected chi connectivity index (χ2v) is 8.87. The maximum Gasteiger partial charge on any atom is 0.231 e. The smallest absolute Gasteiger partial charge is 0.231 e. The number of fused-ring (bicyclic) bond motifs is 1. The second kappa shape index (κ2) is 11.0. The van der Waals surface area contributed by atoms with Crippen LogP contribution in [0.5, 0.6) is 23.0 Å². The van der Waals surface area contributed by atoms with Crippen molar-refractivity contribution in [3.63, 3.8) is 0 Å². The van der Waals surface area contributed by atoms with Gasteiger partial charge in [-0.1, -0.05) is 35.9 Å². The van der Waals surface area contributed by atoms with Crippen LogP contribution in [0, 0.1) is 0 Å². The minimum Gasteiger partial charge on any atom is -0.493 e. The number of aliphatic hydroxyl groups excluding tert-OH is 1. The van der Waals surface area contributed by atoms with Gasteiger partial charge in [0.1, 0.15) is 0 Å². The zero-order valence-corrected chi connectivity index (χ0v) is 20.4. The van der Waals surface area contributed by atoms with Crippen molar-refractivity contribution in [1.82, 2.24) is 4.90 Å². The Hall–Kier alpha value is -2.93. The number of methoxy groups -OCH3 is 2. The zero-order valence-electron chi connectivity index (χ0n) is 19.7. The first kappa shape index (κ1) is 24.2. The van der Waals surface area contributed by atoms with Gasteiger partial charge in [-0.2, -0.15) is 0 Å². The van der Waals surface area contributed by atoms with Crippen LogP contribution in [0.1, 0.15) is 29.7 Å². The highest BCUT2D eigenvalue weighted by Crippen LogP contribution is 2.34. The third-order valence-corrected chi connectivity index (χ3v) is 6.30. The number of benzene rings is 3. The van der Waals surface area contributed by atoms with Gasteiger partial charge in [0.15, 0.2) is 23.0 Å². The van der Waals surface area contributed by atoms with E-state index in [1.54, 1.807) is 14.2 Å². The molecule has 0 amide bonds. The molecule has 4 rings (SSSR count). The highest BCUT2D eigenvalue weighted by Gasteiger charge is 2.22. The van der Waals surface area contributed by atoms with Crippen molar-refractivity contribution in [3.8, 4) is 23.0 Å². The van der Waals surface area contributed by atoms with Crippen LogP contribution >= 0.6 is 11.6 Å². The average Bonchev–Trinajstić information content (AvgIpc) is 3.31. The number of nitrogens with zero attached hydrogens (tertiary/aromatic N) is 1. The topological polar surface area (TPSA) is 60.4 Å². The van der Waals surface area contributed by atoms with E-state index in [1.807, 2.05) is 60.7 Å². The minimum atomic E-state index is -0.680. The predicted molar refractivity (Wildman–Crippen MR) is 132 cm³/mol. The average molecular weight is 484 g/mol. The number of rotatable bonds is 10. The largest absolute Gasteiger partial charge is 0.493 e. The lowest BCUT2D eigenvalue weighted by atomic mass is 10.0. The first-order valence-corrected chi connectivity index (χ1v) is 11.6. The summed E-state index contributed by atoms with van der Waals surface area (Å²) in [5, 5.41) is 11.6. The van der Waals surface area contributed by atoms with Gasteiger partial charge in [0.2, 0.25) is 6.79 Å². The molecule has 0 radical (unpaired) electrons. The molecular weight excluding hydrogens is 454 g/mol. The monoisotopic (exact) mass is 483 g/mol. The molecule has 0 spiro atoms. The molecule has 1 heterocycles. The van der Waals surface area contributed by atoms with E-state index in [0.717, 1.165) is 34.6 Å². The lowest BCUT2D eigenvalue weighted by Gasteiger charge is -2.31. The van der Waals surface area contributed by atoms with Gasteiger partial charge in [-0.15, -0.1) is 0 Å². The van der Waals surface area contributed by atoms with Gasteiger partial charge in [0.25, 0.3) is 0 Å². The van der Waals surface area contributed by atoms with E-state index in [-0.39, 0.29) is 12.8 Å². The molecule has 2 atom stereocenters. The fourth-order valence-corrected chi connectivity index (χ4v) is 4.39. The Morgan fingerprint density at radius 1 is 0.941 bits per heavy atom. The van der Waals surface area contributed by atoms with Crippen LogP contribution in [0.4, 0.5) is 0 Å². The van der Waals surface area contributed by atoms with E-state index in [0.29, 0.717) is 29.6 Å². The van der Waals surface area contributed by atoms with Gasteiger partial charge in [0.05, 0.1) is 20.3 Å². The van der Waals surface area contributed by atoms with Crippen LogP contribution < -0.4 is 18.9 Å². The summed E-state index contributed by atoms with van der Waals surface area (Å²) in [5.41, 5.74) is 3.00. The van der Waals surface area contributed by atoms with E-state index in [1.165, 1.54) is 0 Å². The van der Waals surface area contributed by atoms with Crippen LogP contribution in [-0.4, -0.2) is 43.6 Å². The quantitative estimate of drug-likeness (QED) is 0.425. The molecule has 3 aromatic carbocycles. The molecule has 7 heteroatoms. The van der Waals surface area contributed by atoms with Crippen LogP contribution in [0.3, 0.4) is 0 Å². The van der Waals surface area contributed by atoms with Crippen LogP contribution in [-0.2, 0) is 13.0 Å². The fourth-order valence-electron chi connectivity index (χ4n) is 4.19. The van der Waals surface area contributed by atoms with E-state index >= 15 is 0 Å². The highest BCUT2D eigenvalue weighted by atomic mass is 35.5. The summed E-state index contributed by atoms with van der Waals surface area (Å²) in [6.07, 6.45) is 0.0910. The molecule has 0 aliphatic carbocycles. The van der Waals surface area contributed by atoms with Crippen molar-refractivity contribution in [1.29, 1.82) is 0 Å². The summed E-state index contributed by atoms with van der Waals surface area (Å²) >= 11 is 6.16. The van der Waals surface area contributed by atoms with Crippen molar-refractivity contribution < 1.29 is 24.1 Å². The van der Waals surface area contributed by atoms with Gasteiger partial charge in [-0.05, 0) is 66.4 Å². The molecule has 0 bridgehead atoms. The molecule has 0 saturated heterocycles. The molecule has 1 aliphatic heterocycles. The summed E-state index contributed by atoms with van der Waals surface area (Å²) in [6, 6.07) is 19.4. The number of ether oxygens (including phenoxy) is 4. The van der Waals surface area contributed by atoms with Crippen molar-refractivity contribution in [2.24, 2.45) is 0 Å². The SMILES string of the molecule is COc1ccc(CC(C)N(Cc2ccc3c(c2)OCO3)CC(O)c2cccc(Cl)c2)cc1OC. The Bertz CT molecular complexity index is 1120. The van der Waals surface area contributed by atoms with Crippen LogP contribution in [0.25, 0.3) is 0 Å². The fraction of sp³-hybridized carbons (Fsp3) is 0.333. The number of hydrogen-bond acceptors (Lipinski definition) is 6. The summed E-state index contributed by atoms with van der Waals surface area (Å²) in [5.74, 6) is 2.91. The van der Waals surface area contributed by atoms with Gasteiger partial charge < -0.3 is 24.1 Å². The Morgan fingerprint density at radius 3 is 2.47 bits per heavy atom. The first-order chi connectivity index (χ1) is 16.5. The lowest BCUT2D eigenvalue weighted by Crippen LogP contribution is -2.37. The van der Waals surface area contributed by atoms with Crippen molar-refractivity contribution in [2.45, 2.75) is 32.0 Å². The summed E-state index contributed by atoms with van der Waals surface area (Å²) in [4.78, 5) is 2.26. The van der Waals surface area contributed by atoms with E-state index in [4.69, 9.17) is 30.5 Å². The summed E-state index contributed by atoms with van der Waals surface area (Å²) in [7, 11) is 3.27. The Morgan fingerprint density at radius 2 is 1.71 bits per heavy atom. The van der Waals surface area contributed by atoms with Gasteiger partial charge in [-0.3, -0.25) is 4.90 Å². The predicted octanol–water partition coefficient (Wildman–Crippen LogP) is 5.25. The molecule has 1 aliphatic rings. The summed E-state index contributed by atoms with van der Waals surface area (Å²) in [6.45, 7) is 3.49. The Balaban J connectivity index is 1.55. The molecule has 6 nitrogen and oxygen atoms in total. The molecule has 3 aromatic rings. The van der Waals surface area contributed by atoms with Crippen LogP contribution in [0.15, 0.2) is 60.7 Å². The maximum absolute atomic E-state index is 11.0. The van der Waals surface area contributed by atoms with Gasteiger partial charge in [0, 0.05) is 24.2 Å².